The molecular weight excluding hydrogens is 284 g/mol. The van der Waals surface area contributed by atoms with Gasteiger partial charge in [-0.2, -0.15) is 0 Å². The molecule has 1 unspecified atom stereocenters. The number of carboxylic acids is 1. The van der Waals surface area contributed by atoms with E-state index in [1.54, 1.807) is 14.0 Å². The fraction of sp³-hybridized carbons (Fsp3) is 0.846. The van der Waals surface area contributed by atoms with Crippen LogP contribution in [0.25, 0.3) is 0 Å². The Labute approximate surface area is 127 Å². The van der Waals surface area contributed by atoms with Crippen molar-refractivity contribution in [2.45, 2.75) is 33.2 Å². The topological polar surface area (TPSA) is 78.9 Å². The van der Waals surface area contributed by atoms with E-state index < -0.39 is 12.0 Å². The number of carbonyl (C=O) groups excluding carboxylic acids is 1. The first kappa shape index (κ1) is 21.4. The second kappa shape index (κ2) is 11.9. The first-order valence-electron chi connectivity index (χ1n) is 6.62. The smallest absolute Gasteiger partial charge is 0.320 e. The Balaban J connectivity index is 0. The standard InChI is InChI=1S/C13H26N2O4.ClH/c1-10(2)5-7-19-8-6-14-12(16)9-15(4)11(3)13(17)18;/h10-11H,5-9H2,1-4H3,(H,14,16)(H,17,18);1H. The Morgan fingerprint density at radius 2 is 1.85 bits per heavy atom. The van der Waals surface area contributed by atoms with Crippen molar-refractivity contribution in [1.82, 2.24) is 10.2 Å². The number of halogens is 1. The minimum Gasteiger partial charge on any atom is -0.480 e. The lowest BCUT2D eigenvalue weighted by Gasteiger charge is -2.20. The third-order valence-electron chi connectivity index (χ3n) is 2.82. The summed E-state index contributed by atoms with van der Waals surface area (Å²) in [6, 6.07) is -0.673. The van der Waals surface area contributed by atoms with Crippen molar-refractivity contribution in [3.8, 4) is 0 Å². The maximum absolute atomic E-state index is 11.5. The van der Waals surface area contributed by atoms with Gasteiger partial charge in [-0.25, -0.2) is 0 Å². The molecule has 0 aliphatic rings. The molecule has 0 radical (unpaired) electrons. The van der Waals surface area contributed by atoms with Crippen LogP contribution in [0.15, 0.2) is 0 Å². The van der Waals surface area contributed by atoms with Gasteiger partial charge in [0.25, 0.3) is 0 Å². The van der Waals surface area contributed by atoms with E-state index in [1.165, 1.54) is 4.90 Å². The number of nitrogens with one attached hydrogen (secondary N) is 1. The average Bonchev–Trinajstić information content (AvgIpc) is 2.31. The molecule has 20 heavy (non-hydrogen) atoms. The quantitative estimate of drug-likeness (QED) is 0.588. The number of hydrogen-bond donors (Lipinski definition) is 2. The minimum absolute atomic E-state index is 0. The van der Waals surface area contributed by atoms with Crippen molar-refractivity contribution >= 4 is 24.3 Å². The maximum Gasteiger partial charge on any atom is 0.320 e. The number of carboxylic acid groups (broad SMARTS) is 1. The zero-order chi connectivity index (χ0) is 14.8. The Morgan fingerprint density at radius 1 is 1.25 bits per heavy atom. The lowest BCUT2D eigenvalue weighted by molar-refractivity contribution is -0.142. The van der Waals surface area contributed by atoms with Gasteiger partial charge in [-0.15, -0.1) is 12.4 Å². The molecule has 0 spiro atoms. The number of carbonyl (C=O) groups is 2. The number of amides is 1. The van der Waals surface area contributed by atoms with Crippen molar-refractivity contribution < 1.29 is 19.4 Å². The summed E-state index contributed by atoms with van der Waals surface area (Å²) in [6.45, 7) is 7.51. The van der Waals surface area contributed by atoms with Gasteiger partial charge in [-0.1, -0.05) is 13.8 Å². The predicted molar refractivity (Wildman–Crippen MR) is 80.3 cm³/mol. The van der Waals surface area contributed by atoms with Crippen LogP contribution in [0.4, 0.5) is 0 Å². The molecule has 0 aromatic heterocycles. The molecule has 1 atom stereocenters. The number of nitrogens with zero attached hydrogens (tertiary/aromatic N) is 1. The second-order valence-electron chi connectivity index (χ2n) is 5.07. The van der Waals surface area contributed by atoms with E-state index in [0.717, 1.165) is 6.42 Å². The third kappa shape index (κ3) is 11.0. The van der Waals surface area contributed by atoms with Crippen molar-refractivity contribution in [2.75, 3.05) is 33.4 Å². The van der Waals surface area contributed by atoms with Gasteiger partial charge < -0.3 is 15.2 Å². The fourth-order valence-corrected chi connectivity index (χ4v) is 1.29. The molecule has 7 heteroatoms. The zero-order valence-electron chi connectivity index (χ0n) is 12.7. The SMILES string of the molecule is CC(C)CCOCCNC(=O)CN(C)C(C)C(=O)O.Cl. The molecule has 1 amide bonds. The number of rotatable bonds is 10. The minimum atomic E-state index is -0.938. The van der Waals surface area contributed by atoms with Gasteiger partial charge in [0.2, 0.25) is 5.91 Å². The second-order valence-corrected chi connectivity index (χ2v) is 5.07. The Morgan fingerprint density at radius 3 is 2.35 bits per heavy atom. The fourth-order valence-electron chi connectivity index (χ4n) is 1.29. The van der Waals surface area contributed by atoms with E-state index in [1.807, 2.05) is 0 Å². The van der Waals surface area contributed by atoms with Gasteiger partial charge in [0.15, 0.2) is 0 Å². The summed E-state index contributed by atoms with van der Waals surface area (Å²) in [5.41, 5.74) is 0. The molecule has 0 aliphatic heterocycles. The van der Waals surface area contributed by atoms with Crippen LogP contribution in [-0.2, 0) is 14.3 Å². The van der Waals surface area contributed by atoms with Crippen LogP contribution in [0.2, 0.25) is 0 Å². The van der Waals surface area contributed by atoms with E-state index in [4.69, 9.17) is 9.84 Å². The van der Waals surface area contributed by atoms with Crippen LogP contribution in [0.5, 0.6) is 0 Å². The number of likely N-dealkylation sites (N-methyl/N-ethyl adjacent to an activating group) is 1. The number of hydrogen-bond acceptors (Lipinski definition) is 4. The Kier molecular flexibility index (Phi) is 12.8. The summed E-state index contributed by atoms with van der Waals surface area (Å²) < 4.78 is 5.36. The van der Waals surface area contributed by atoms with Gasteiger partial charge >= 0.3 is 5.97 Å². The molecule has 0 saturated heterocycles. The summed E-state index contributed by atoms with van der Waals surface area (Å²) in [5.74, 6) is -0.517. The highest BCUT2D eigenvalue weighted by Crippen LogP contribution is 1.98. The number of aliphatic carboxylic acids is 1. The van der Waals surface area contributed by atoms with Crippen molar-refractivity contribution in [1.29, 1.82) is 0 Å². The molecule has 0 bridgehead atoms. The first-order valence-corrected chi connectivity index (χ1v) is 6.62. The van der Waals surface area contributed by atoms with Gasteiger partial charge in [0, 0.05) is 13.2 Å². The van der Waals surface area contributed by atoms with Crippen LogP contribution in [-0.4, -0.2) is 61.3 Å². The van der Waals surface area contributed by atoms with Crippen LogP contribution >= 0.6 is 12.4 Å². The average molecular weight is 311 g/mol. The largest absolute Gasteiger partial charge is 0.480 e. The summed E-state index contributed by atoms with van der Waals surface area (Å²) in [5, 5.41) is 11.5. The molecule has 0 aromatic carbocycles. The van der Waals surface area contributed by atoms with E-state index in [2.05, 4.69) is 19.2 Å². The van der Waals surface area contributed by atoms with Gasteiger partial charge in [-0.05, 0) is 26.3 Å². The van der Waals surface area contributed by atoms with Crippen LogP contribution in [0.3, 0.4) is 0 Å². The van der Waals surface area contributed by atoms with Crippen molar-refractivity contribution in [3.05, 3.63) is 0 Å². The highest BCUT2D eigenvalue weighted by molar-refractivity contribution is 5.85. The molecule has 2 N–H and O–H groups in total. The van der Waals surface area contributed by atoms with E-state index >= 15 is 0 Å². The molecule has 0 saturated carbocycles. The summed E-state index contributed by atoms with van der Waals surface area (Å²) in [7, 11) is 1.61. The predicted octanol–water partition coefficient (Wildman–Crippen LogP) is 0.992. The Hall–Kier alpha value is -0.850. The molecular formula is C13H27ClN2O4. The molecule has 0 heterocycles. The van der Waals surface area contributed by atoms with E-state index in [0.29, 0.717) is 25.7 Å². The summed E-state index contributed by atoms with van der Waals surface area (Å²) in [4.78, 5) is 23.7. The van der Waals surface area contributed by atoms with E-state index in [9.17, 15) is 9.59 Å². The van der Waals surface area contributed by atoms with Crippen LogP contribution < -0.4 is 5.32 Å². The molecule has 120 valence electrons. The summed E-state index contributed by atoms with van der Waals surface area (Å²) in [6.07, 6.45) is 1.01. The molecule has 6 nitrogen and oxygen atoms in total. The molecule has 0 aliphatic carbocycles. The summed E-state index contributed by atoms with van der Waals surface area (Å²) >= 11 is 0. The maximum atomic E-state index is 11.5. The molecule has 0 aromatic rings. The van der Waals surface area contributed by atoms with Gasteiger partial charge in [-0.3, -0.25) is 14.5 Å². The lowest BCUT2D eigenvalue weighted by Crippen LogP contribution is -2.43. The third-order valence-corrected chi connectivity index (χ3v) is 2.82. The van der Waals surface area contributed by atoms with Crippen molar-refractivity contribution in [2.24, 2.45) is 5.92 Å². The number of ether oxygens (including phenoxy) is 1. The highest BCUT2D eigenvalue weighted by atomic mass is 35.5. The Bertz CT molecular complexity index is 288. The van der Waals surface area contributed by atoms with Crippen LogP contribution in [0, 0.1) is 5.92 Å². The normalized spacial score (nSPS) is 12.1. The van der Waals surface area contributed by atoms with E-state index in [-0.39, 0.29) is 24.9 Å². The monoisotopic (exact) mass is 310 g/mol. The zero-order valence-corrected chi connectivity index (χ0v) is 13.5. The highest BCUT2D eigenvalue weighted by Gasteiger charge is 2.18. The van der Waals surface area contributed by atoms with Crippen molar-refractivity contribution in [3.63, 3.8) is 0 Å². The first-order chi connectivity index (χ1) is 8.84. The van der Waals surface area contributed by atoms with Crippen LogP contribution in [0.1, 0.15) is 27.2 Å². The van der Waals surface area contributed by atoms with Gasteiger partial charge in [0.1, 0.15) is 6.04 Å². The van der Waals surface area contributed by atoms with Gasteiger partial charge in [0.05, 0.1) is 13.2 Å². The molecule has 0 fully saturated rings. The lowest BCUT2D eigenvalue weighted by atomic mass is 10.1. The molecule has 0 rings (SSSR count).